The van der Waals surface area contributed by atoms with E-state index < -0.39 is 23.8 Å². The molecule has 7 heteroatoms. The van der Waals surface area contributed by atoms with Gasteiger partial charge in [-0.25, -0.2) is 0 Å². The Kier molecular flexibility index (Phi) is 2.79. The average Bonchev–Trinajstić information content (AvgIpc) is 2.71. The summed E-state index contributed by atoms with van der Waals surface area (Å²) in [4.78, 5) is 50.1. The highest BCUT2D eigenvalue weighted by Gasteiger charge is 2.47. The second kappa shape index (κ2) is 4.41. The minimum atomic E-state index is -1.00. The fourth-order valence-electron chi connectivity index (χ4n) is 2.71. The van der Waals surface area contributed by atoms with E-state index in [4.69, 9.17) is 0 Å². The van der Waals surface area contributed by atoms with Crippen molar-refractivity contribution >= 4 is 23.6 Å². The molecule has 1 fully saturated rings. The minimum absolute atomic E-state index is 0.0763. The van der Waals surface area contributed by atoms with Crippen molar-refractivity contribution in [3.8, 4) is 5.75 Å². The summed E-state index contributed by atoms with van der Waals surface area (Å²) in [5, 5.41) is 9.75. The lowest BCUT2D eigenvalue weighted by Gasteiger charge is -2.32. The molecule has 0 saturated carbocycles. The van der Waals surface area contributed by atoms with Crippen molar-refractivity contribution in [3.63, 3.8) is 0 Å². The molecule has 2 aliphatic rings. The number of carbonyl (C=O) groups is 4. The molecule has 21 heavy (non-hydrogen) atoms. The molecular formula is C14H12N2O5. The first-order chi connectivity index (χ1) is 9.93. The van der Waals surface area contributed by atoms with Crippen molar-refractivity contribution in [1.29, 1.82) is 0 Å². The number of carbonyl (C=O) groups excluding carboxylic acids is 4. The smallest absolute Gasteiger partial charge is 0.266 e. The third-order valence-electron chi connectivity index (χ3n) is 3.86. The first-order valence-electron chi connectivity index (χ1n) is 6.43. The first-order valence-corrected chi connectivity index (χ1v) is 6.43. The molecule has 1 aromatic carbocycles. The van der Waals surface area contributed by atoms with Crippen LogP contribution in [0.2, 0.25) is 0 Å². The van der Waals surface area contributed by atoms with Gasteiger partial charge in [0.05, 0.1) is 11.1 Å². The van der Waals surface area contributed by atoms with Crippen LogP contribution in [0, 0.1) is 0 Å². The summed E-state index contributed by atoms with van der Waals surface area (Å²) in [5.74, 6) is -2.53. The minimum Gasteiger partial charge on any atom is -0.507 e. The van der Waals surface area contributed by atoms with E-state index in [-0.39, 0.29) is 35.6 Å². The number of phenolic OH excluding ortho intramolecular Hbond substituents is 1. The van der Waals surface area contributed by atoms with Crippen molar-refractivity contribution in [1.82, 2.24) is 9.80 Å². The van der Waals surface area contributed by atoms with Gasteiger partial charge in [0.25, 0.3) is 17.7 Å². The van der Waals surface area contributed by atoms with E-state index in [1.165, 1.54) is 25.2 Å². The normalized spacial score (nSPS) is 22.0. The lowest BCUT2D eigenvalue weighted by molar-refractivity contribution is -0.149. The van der Waals surface area contributed by atoms with Crippen LogP contribution in [0.1, 0.15) is 33.6 Å². The van der Waals surface area contributed by atoms with E-state index in [1.807, 2.05) is 0 Å². The van der Waals surface area contributed by atoms with E-state index in [0.717, 1.165) is 9.80 Å². The summed E-state index contributed by atoms with van der Waals surface area (Å²) in [6, 6.07) is 3.20. The average molecular weight is 288 g/mol. The van der Waals surface area contributed by atoms with Gasteiger partial charge in [-0.05, 0) is 18.6 Å². The highest BCUT2D eigenvalue weighted by molar-refractivity contribution is 6.24. The maximum atomic E-state index is 12.4. The van der Waals surface area contributed by atoms with Crippen LogP contribution in [-0.2, 0) is 9.59 Å². The van der Waals surface area contributed by atoms with Crippen LogP contribution in [0.3, 0.4) is 0 Å². The van der Waals surface area contributed by atoms with Crippen molar-refractivity contribution in [2.24, 2.45) is 0 Å². The van der Waals surface area contributed by atoms with E-state index in [0.29, 0.717) is 0 Å². The molecule has 0 radical (unpaired) electrons. The predicted octanol–water partition coefficient (Wildman–Crippen LogP) is 0.136. The van der Waals surface area contributed by atoms with Crippen LogP contribution in [0.15, 0.2) is 18.2 Å². The van der Waals surface area contributed by atoms with Crippen molar-refractivity contribution < 1.29 is 24.3 Å². The number of hydrogen-bond acceptors (Lipinski definition) is 5. The van der Waals surface area contributed by atoms with E-state index in [9.17, 15) is 24.3 Å². The van der Waals surface area contributed by atoms with Gasteiger partial charge in [-0.1, -0.05) is 6.07 Å². The van der Waals surface area contributed by atoms with Gasteiger partial charge in [-0.2, -0.15) is 0 Å². The molecule has 2 heterocycles. The molecule has 2 aliphatic heterocycles. The number of aromatic hydroxyl groups is 1. The molecule has 0 spiro atoms. The van der Waals surface area contributed by atoms with E-state index in [1.54, 1.807) is 0 Å². The maximum absolute atomic E-state index is 12.4. The summed E-state index contributed by atoms with van der Waals surface area (Å²) in [6.07, 6.45) is 0.195. The molecule has 1 N–H and O–H groups in total. The molecule has 1 atom stereocenters. The van der Waals surface area contributed by atoms with Crippen molar-refractivity contribution in [2.45, 2.75) is 18.9 Å². The molecule has 0 bridgehead atoms. The zero-order chi connectivity index (χ0) is 15.3. The highest BCUT2D eigenvalue weighted by atomic mass is 16.3. The van der Waals surface area contributed by atoms with Gasteiger partial charge < -0.3 is 5.11 Å². The monoisotopic (exact) mass is 288 g/mol. The number of imide groups is 2. The van der Waals surface area contributed by atoms with Gasteiger partial charge in [0, 0.05) is 13.5 Å². The highest BCUT2D eigenvalue weighted by Crippen LogP contribution is 2.33. The molecule has 3 rings (SSSR count). The fraction of sp³-hybridized carbons (Fsp3) is 0.286. The lowest BCUT2D eigenvalue weighted by Crippen LogP contribution is -2.54. The molecule has 108 valence electrons. The van der Waals surface area contributed by atoms with Gasteiger partial charge >= 0.3 is 0 Å². The molecule has 0 aliphatic carbocycles. The molecule has 4 amide bonds. The Morgan fingerprint density at radius 1 is 1.14 bits per heavy atom. The van der Waals surface area contributed by atoms with Gasteiger partial charge in [0.1, 0.15) is 11.8 Å². The fourth-order valence-corrected chi connectivity index (χ4v) is 2.71. The molecule has 1 aromatic rings. The molecule has 1 unspecified atom stereocenters. The van der Waals surface area contributed by atoms with Gasteiger partial charge in [-0.15, -0.1) is 0 Å². The Morgan fingerprint density at radius 2 is 1.86 bits per heavy atom. The Labute approximate surface area is 119 Å². The lowest BCUT2D eigenvalue weighted by atomic mass is 10.0. The number of rotatable bonds is 1. The Bertz CT molecular complexity index is 697. The predicted molar refractivity (Wildman–Crippen MR) is 69.4 cm³/mol. The molecule has 1 saturated heterocycles. The second-order valence-corrected chi connectivity index (χ2v) is 5.03. The third-order valence-corrected chi connectivity index (χ3v) is 3.86. The molecule has 0 aromatic heterocycles. The topological polar surface area (TPSA) is 95.0 Å². The second-order valence-electron chi connectivity index (χ2n) is 5.03. The third kappa shape index (κ3) is 1.74. The van der Waals surface area contributed by atoms with Crippen molar-refractivity contribution in [3.05, 3.63) is 29.3 Å². The van der Waals surface area contributed by atoms with E-state index >= 15 is 0 Å². The summed E-state index contributed by atoms with van der Waals surface area (Å²) in [7, 11) is 1.33. The number of benzene rings is 1. The van der Waals surface area contributed by atoms with Crippen molar-refractivity contribution in [2.75, 3.05) is 7.05 Å². The Hall–Kier alpha value is -2.70. The van der Waals surface area contributed by atoms with Gasteiger partial charge in [0.2, 0.25) is 5.91 Å². The number of nitrogens with zero attached hydrogens (tertiary/aromatic N) is 2. The standard InChI is InChI=1S/C14H12N2O5/c1-15-10(18)6-5-8(13(15)20)16-12(19)7-3-2-4-9(17)11(7)14(16)21/h2-4,8,17H,5-6H2,1H3. The Balaban J connectivity index is 2.01. The van der Waals surface area contributed by atoms with Crippen LogP contribution < -0.4 is 0 Å². The largest absolute Gasteiger partial charge is 0.507 e. The van der Waals surface area contributed by atoms with Crippen LogP contribution in [0.25, 0.3) is 0 Å². The Morgan fingerprint density at radius 3 is 2.52 bits per heavy atom. The zero-order valence-electron chi connectivity index (χ0n) is 11.2. The quantitative estimate of drug-likeness (QED) is 0.741. The summed E-state index contributed by atoms with van der Waals surface area (Å²) < 4.78 is 0. The molecular weight excluding hydrogens is 276 g/mol. The van der Waals surface area contributed by atoms with Crippen LogP contribution in [-0.4, -0.2) is 51.6 Å². The van der Waals surface area contributed by atoms with Gasteiger partial charge in [-0.3, -0.25) is 29.0 Å². The first kappa shape index (κ1) is 13.3. The molecule has 7 nitrogen and oxygen atoms in total. The van der Waals surface area contributed by atoms with Crippen LogP contribution >= 0.6 is 0 Å². The van der Waals surface area contributed by atoms with Crippen LogP contribution in [0.4, 0.5) is 0 Å². The number of amides is 4. The van der Waals surface area contributed by atoms with Crippen LogP contribution in [0.5, 0.6) is 5.75 Å². The number of likely N-dealkylation sites (N-methyl/N-ethyl adjacent to an activating group) is 1. The van der Waals surface area contributed by atoms with E-state index in [2.05, 4.69) is 0 Å². The number of phenols is 1. The number of piperidine rings is 1. The van der Waals surface area contributed by atoms with Gasteiger partial charge in [0.15, 0.2) is 0 Å². The zero-order valence-corrected chi connectivity index (χ0v) is 11.2. The summed E-state index contributed by atoms with van der Waals surface area (Å²) in [6.45, 7) is 0. The summed E-state index contributed by atoms with van der Waals surface area (Å²) in [5.41, 5.74) is -0.0118. The number of hydrogen-bond donors (Lipinski definition) is 1. The number of fused-ring (bicyclic) bond motifs is 1. The summed E-state index contributed by atoms with van der Waals surface area (Å²) >= 11 is 0. The number of likely N-dealkylation sites (tertiary alicyclic amines) is 1. The maximum Gasteiger partial charge on any atom is 0.266 e. The SMILES string of the molecule is CN1C(=O)CCC(N2C(=O)c3cccc(O)c3C2=O)C1=O.